The number of aliphatic hydroxyl groups excluding tert-OH is 1. The zero-order chi connectivity index (χ0) is 16.4. The van der Waals surface area contributed by atoms with E-state index in [2.05, 4.69) is 10.4 Å². The van der Waals surface area contributed by atoms with Crippen LogP contribution in [0.3, 0.4) is 0 Å². The van der Waals surface area contributed by atoms with Gasteiger partial charge >= 0.3 is 0 Å². The summed E-state index contributed by atoms with van der Waals surface area (Å²) < 4.78 is 1.77. The van der Waals surface area contributed by atoms with Crippen molar-refractivity contribution < 1.29 is 9.90 Å². The van der Waals surface area contributed by atoms with Crippen LogP contribution in [0.5, 0.6) is 0 Å². The minimum Gasteiger partial charge on any atom is -0.396 e. The van der Waals surface area contributed by atoms with Gasteiger partial charge in [0.25, 0.3) is 5.91 Å². The van der Waals surface area contributed by atoms with Crippen molar-refractivity contribution in [3.63, 3.8) is 0 Å². The lowest BCUT2D eigenvalue weighted by molar-refractivity contribution is 0.0830. The van der Waals surface area contributed by atoms with Gasteiger partial charge in [-0.2, -0.15) is 5.10 Å². The molecule has 0 aliphatic heterocycles. The second-order valence-electron chi connectivity index (χ2n) is 6.62. The molecule has 1 aliphatic rings. The predicted octanol–water partition coefficient (Wildman–Crippen LogP) is 2.46. The van der Waals surface area contributed by atoms with E-state index in [0.717, 1.165) is 30.6 Å². The average Bonchev–Trinajstić information content (AvgIpc) is 3.12. The summed E-state index contributed by atoms with van der Waals surface area (Å²) in [5.74, 6) is -0.115. The number of nitrogens with zero attached hydrogens (tertiary/aromatic N) is 2. The Morgan fingerprint density at radius 2 is 2.17 bits per heavy atom. The van der Waals surface area contributed by atoms with Gasteiger partial charge in [-0.3, -0.25) is 4.79 Å². The summed E-state index contributed by atoms with van der Waals surface area (Å²) in [5, 5.41) is 17.1. The van der Waals surface area contributed by atoms with Gasteiger partial charge in [-0.15, -0.1) is 0 Å². The molecule has 2 aromatic rings. The van der Waals surface area contributed by atoms with Gasteiger partial charge in [0.1, 0.15) is 0 Å². The highest BCUT2D eigenvalue weighted by Gasteiger charge is 2.39. The molecular weight excluding hydrogens is 290 g/mol. The normalized spacial score (nSPS) is 23.9. The third-order valence-corrected chi connectivity index (χ3v) is 5.00. The fraction of sp³-hybridized carbons (Fsp3) is 0.444. The molecule has 122 valence electrons. The van der Waals surface area contributed by atoms with Crippen molar-refractivity contribution in [2.75, 3.05) is 6.61 Å². The first-order valence-electron chi connectivity index (χ1n) is 8.07. The minimum atomic E-state index is -0.223. The fourth-order valence-electron chi connectivity index (χ4n) is 3.37. The second kappa shape index (κ2) is 6.16. The highest BCUT2D eigenvalue weighted by molar-refractivity contribution is 5.95. The van der Waals surface area contributed by atoms with Crippen LogP contribution in [-0.2, 0) is 0 Å². The standard InChI is InChI=1S/C18H23N3O2/c1-13-15(11-19-21(13)14-7-4-3-5-8-14)17(23)20-16-9-6-10-18(16,2)12-22/h3-5,7-8,11,16,22H,6,9-10,12H2,1-2H3,(H,20,23). The van der Waals surface area contributed by atoms with Crippen LogP contribution in [0.1, 0.15) is 42.2 Å². The number of aromatic nitrogens is 2. The number of para-hydroxylation sites is 1. The van der Waals surface area contributed by atoms with Crippen molar-refractivity contribution in [2.24, 2.45) is 5.41 Å². The summed E-state index contributed by atoms with van der Waals surface area (Å²) in [4.78, 5) is 12.6. The van der Waals surface area contributed by atoms with Crippen LogP contribution in [0.2, 0.25) is 0 Å². The molecule has 5 nitrogen and oxygen atoms in total. The molecule has 2 N–H and O–H groups in total. The maximum atomic E-state index is 12.6. The SMILES string of the molecule is Cc1c(C(=O)NC2CCCC2(C)CO)cnn1-c1ccccc1. The van der Waals surface area contributed by atoms with E-state index in [1.54, 1.807) is 10.9 Å². The smallest absolute Gasteiger partial charge is 0.254 e. The van der Waals surface area contributed by atoms with E-state index in [1.807, 2.05) is 44.2 Å². The summed E-state index contributed by atoms with van der Waals surface area (Å²) in [6.07, 6.45) is 4.50. The van der Waals surface area contributed by atoms with Gasteiger partial charge in [0.2, 0.25) is 0 Å². The van der Waals surface area contributed by atoms with Gasteiger partial charge < -0.3 is 10.4 Å². The fourth-order valence-corrected chi connectivity index (χ4v) is 3.37. The maximum absolute atomic E-state index is 12.6. The number of nitrogens with one attached hydrogen (secondary N) is 1. The summed E-state index contributed by atoms with van der Waals surface area (Å²) in [7, 11) is 0. The molecule has 1 aromatic heterocycles. The molecule has 1 fully saturated rings. The Morgan fingerprint density at radius 3 is 2.87 bits per heavy atom. The third kappa shape index (κ3) is 2.88. The molecule has 0 spiro atoms. The lowest BCUT2D eigenvalue weighted by Crippen LogP contribution is -2.44. The monoisotopic (exact) mass is 313 g/mol. The highest BCUT2D eigenvalue weighted by Crippen LogP contribution is 2.37. The van der Waals surface area contributed by atoms with E-state index in [4.69, 9.17) is 0 Å². The number of carbonyl (C=O) groups excluding carboxylic acids is 1. The summed E-state index contributed by atoms with van der Waals surface area (Å²) in [6.45, 7) is 4.03. The second-order valence-corrected chi connectivity index (χ2v) is 6.62. The van der Waals surface area contributed by atoms with Gasteiger partial charge in [0.05, 0.1) is 29.7 Å². The Kier molecular flexibility index (Phi) is 4.22. The molecule has 0 saturated heterocycles. The van der Waals surface area contributed by atoms with Gasteiger partial charge in [-0.05, 0) is 31.9 Å². The number of carbonyl (C=O) groups is 1. The van der Waals surface area contributed by atoms with Gasteiger partial charge in [0, 0.05) is 11.5 Å². The molecule has 2 atom stereocenters. The van der Waals surface area contributed by atoms with E-state index in [9.17, 15) is 9.90 Å². The van der Waals surface area contributed by atoms with Gasteiger partial charge in [-0.25, -0.2) is 4.68 Å². The molecule has 1 aliphatic carbocycles. The van der Waals surface area contributed by atoms with Crippen LogP contribution in [0, 0.1) is 12.3 Å². The van der Waals surface area contributed by atoms with Crippen molar-refractivity contribution in [3.8, 4) is 5.69 Å². The van der Waals surface area contributed by atoms with Gasteiger partial charge in [0.15, 0.2) is 0 Å². The number of hydrogen-bond donors (Lipinski definition) is 2. The number of benzene rings is 1. The Morgan fingerprint density at radius 1 is 1.43 bits per heavy atom. The molecule has 23 heavy (non-hydrogen) atoms. The Balaban J connectivity index is 1.80. The first kappa shape index (κ1) is 15.7. The first-order chi connectivity index (χ1) is 11.0. The zero-order valence-electron chi connectivity index (χ0n) is 13.6. The van der Waals surface area contributed by atoms with Crippen molar-refractivity contribution in [3.05, 3.63) is 47.8 Å². The molecule has 2 unspecified atom stereocenters. The van der Waals surface area contributed by atoms with Crippen LogP contribution in [-0.4, -0.2) is 33.4 Å². The summed E-state index contributed by atoms with van der Waals surface area (Å²) >= 11 is 0. The summed E-state index contributed by atoms with van der Waals surface area (Å²) in [5.41, 5.74) is 2.11. The van der Waals surface area contributed by atoms with Crippen molar-refractivity contribution in [2.45, 2.75) is 39.2 Å². The van der Waals surface area contributed by atoms with E-state index >= 15 is 0 Å². The topological polar surface area (TPSA) is 67.2 Å². The Bertz CT molecular complexity index is 696. The highest BCUT2D eigenvalue weighted by atomic mass is 16.3. The van der Waals surface area contributed by atoms with E-state index < -0.39 is 0 Å². The Labute approximate surface area is 136 Å². The molecule has 1 aromatic carbocycles. The molecule has 0 bridgehead atoms. The van der Waals surface area contributed by atoms with Crippen molar-refractivity contribution in [1.29, 1.82) is 0 Å². The van der Waals surface area contributed by atoms with Gasteiger partial charge in [-0.1, -0.05) is 31.5 Å². The lowest BCUT2D eigenvalue weighted by atomic mass is 9.85. The van der Waals surface area contributed by atoms with Crippen LogP contribution < -0.4 is 5.32 Å². The molecule has 3 rings (SSSR count). The molecule has 0 radical (unpaired) electrons. The van der Waals surface area contributed by atoms with Crippen molar-refractivity contribution in [1.82, 2.24) is 15.1 Å². The molecule has 1 amide bonds. The third-order valence-electron chi connectivity index (χ3n) is 5.00. The van der Waals surface area contributed by atoms with Crippen molar-refractivity contribution >= 4 is 5.91 Å². The van der Waals surface area contributed by atoms with Crippen LogP contribution >= 0.6 is 0 Å². The van der Waals surface area contributed by atoms with E-state index in [0.29, 0.717) is 5.56 Å². The molecule has 5 heteroatoms. The quantitative estimate of drug-likeness (QED) is 0.911. The summed E-state index contributed by atoms with van der Waals surface area (Å²) in [6, 6.07) is 9.77. The van der Waals surface area contributed by atoms with Crippen LogP contribution in [0.25, 0.3) is 5.69 Å². The first-order valence-corrected chi connectivity index (χ1v) is 8.07. The predicted molar refractivity (Wildman–Crippen MR) is 88.6 cm³/mol. The average molecular weight is 313 g/mol. The van der Waals surface area contributed by atoms with Crippen LogP contribution in [0.15, 0.2) is 36.5 Å². The lowest BCUT2D eigenvalue weighted by Gasteiger charge is -2.30. The zero-order valence-corrected chi connectivity index (χ0v) is 13.6. The number of amides is 1. The molecule has 1 heterocycles. The number of rotatable bonds is 4. The molecule has 1 saturated carbocycles. The Hall–Kier alpha value is -2.14. The largest absolute Gasteiger partial charge is 0.396 e. The van der Waals surface area contributed by atoms with Crippen LogP contribution in [0.4, 0.5) is 0 Å². The minimum absolute atomic E-state index is 0.0134. The maximum Gasteiger partial charge on any atom is 0.254 e. The molecular formula is C18H23N3O2. The van der Waals surface area contributed by atoms with E-state index in [1.165, 1.54) is 0 Å². The number of aliphatic hydroxyl groups is 1. The van der Waals surface area contributed by atoms with E-state index in [-0.39, 0.29) is 24.0 Å². The number of hydrogen-bond acceptors (Lipinski definition) is 3.